The molecule has 3 heterocycles. The van der Waals surface area contributed by atoms with Gasteiger partial charge < -0.3 is 4.74 Å². The number of aryl methyl sites for hydroxylation is 1. The monoisotopic (exact) mass is 580 g/mol. The van der Waals surface area contributed by atoms with Gasteiger partial charge in [-0.25, -0.2) is 9.67 Å². The minimum absolute atomic E-state index is 0.417. The Bertz CT molecular complexity index is 2040. The molecule has 1 aliphatic rings. The fourth-order valence-electron chi connectivity index (χ4n) is 7.18. The normalized spacial score (nSPS) is 17.0. The second-order valence-corrected chi connectivity index (χ2v) is 12.7. The van der Waals surface area contributed by atoms with Gasteiger partial charge in [0.15, 0.2) is 0 Å². The fraction of sp³-hybridized carbons (Fsp3) is 0.282. The van der Waals surface area contributed by atoms with Crippen LogP contribution in [-0.4, -0.2) is 19.3 Å². The number of aromatic nitrogens is 4. The van der Waals surface area contributed by atoms with Gasteiger partial charge in [-0.2, -0.15) is 5.10 Å². The van der Waals surface area contributed by atoms with Crippen molar-refractivity contribution in [2.75, 3.05) is 0 Å². The van der Waals surface area contributed by atoms with Crippen LogP contribution in [0.4, 0.5) is 0 Å². The maximum Gasteiger partial charge on any atom is 0.137 e. The molecule has 0 aliphatic heterocycles. The van der Waals surface area contributed by atoms with Crippen LogP contribution in [0.3, 0.4) is 0 Å². The topological polar surface area (TPSA) is 44.9 Å². The highest BCUT2D eigenvalue weighted by Gasteiger charge is 2.29. The van der Waals surface area contributed by atoms with Crippen molar-refractivity contribution in [2.45, 2.75) is 66.2 Å². The van der Waals surface area contributed by atoms with Gasteiger partial charge in [0.05, 0.1) is 22.4 Å². The van der Waals surface area contributed by atoms with Crippen molar-refractivity contribution < 1.29 is 4.74 Å². The molecule has 0 unspecified atom stereocenters. The number of pyridine rings is 1. The number of allylic oxidation sites excluding steroid dienone is 2. The molecule has 3 aromatic carbocycles. The molecule has 3 aromatic heterocycles. The van der Waals surface area contributed by atoms with E-state index in [1.54, 1.807) is 0 Å². The number of rotatable bonds is 6. The lowest BCUT2D eigenvalue weighted by atomic mass is 9.75. The standard InChI is InChI=1S/C39H40N4O/c1-24(2)29-19-20-40-37(21-29)42-35-16-8-7-15-33(35)34-18-17-32(23-36(34)42)44-31-14-10-13-30(22-31)43-28(6)39(27(5)41-43)38-25(3)11-9-12-26(38)4/h7-8,10-11,13-24,26,38H,9,12H2,1-6H3/t26-,38+/m0/s1. The lowest BCUT2D eigenvalue weighted by Crippen LogP contribution is -2.16. The van der Waals surface area contributed by atoms with E-state index in [-0.39, 0.29) is 0 Å². The van der Waals surface area contributed by atoms with Crippen LogP contribution < -0.4 is 4.74 Å². The molecule has 222 valence electrons. The molecule has 0 radical (unpaired) electrons. The van der Waals surface area contributed by atoms with Gasteiger partial charge in [0.25, 0.3) is 0 Å². The third-order valence-corrected chi connectivity index (χ3v) is 9.41. The summed E-state index contributed by atoms with van der Waals surface area (Å²) in [6, 6.07) is 27.4. The van der Waals surface area contributed by atoms with Gasteiger partial charge in [0.1, 0.15) is 17.3 Å². The first-order valence-electron chi connectivity index (χ1n) is 15.8. The van der Waals surface area contributed by atoms with Crippen molar-refractivity contribution in [3.8, 4) is 23.0 Å². The number of fused-ring (bicyclic) bond motifs is 3. The molecular formula is C39H40N4O. The predicted molar refractivity (Wildman–Crippen MR) is 181 cm³/mol. The van der Waals surface area contributed by atoms with Crippen LogP contribution in [0.15, 0.2) is 96.7 Å². The summed E-state index contributed by atoms with van der Waals surface area (Å²) >= 11 is 0. The van der Waals surface area contributed by atoms with Crippen LogP contribution >= 0.6 is 0 Å². The minimum atomic E-state index is 0.417. The van der Waals surface area contributed by atoms with E-state index in [1.165, 1.54) is 46.0 Å². The van der Waals surface area contributed by atoms with E-state index in [0.29, 0.717) is 17.8 Å². The van der Waals surface area contributed by atoms with Gasteiger partial charge in [-0.1, -0.05) is 56.7 Å². The number of hydrogen-bond donors (Lipinski definition) is 0. The molecule has 6 aromatic rings. The molecule has 2 atom stereocenters. The van der Waals surface area contributed by atoms with E-state index in [4.69, 9.17) is 14.8 Å². The zero-order chi connectivity index (χ0) is 30.5. The molecule has 1 aliphatic carbocycles. The van der Waals surface area contributed by atoms with Crippen LogP contribution in [0.5, 0.6) is 11.5 Å². The summed E-state index contributed by atoms with van der Waals surface area (Å²) in [5, 5.41) is 7.40. The molecule has 0 fully saturated rings. The second-order valence-electron chi connectivity index (χ2n) is 12.7. The van der Waals surface area contributed by atoms with E-state index in [0.717, 1.165) is 39.7 Å². The summed E-state index contributed by atoms with van der Waals surface area (Å²) in [5.41, 5.74) is 9.61. The number of para-hydroxylation sites is 1. The molecule has 0 saturated heterocycles. The molecule has 0 spiro atoms. The van der Waals surface area contributed by atoms with Crippen molar-refractivity contribution in [2.24, 2.45) is 5.92 Å². The minimum Gasteiger partial charge on any atom is -0.457 e. The summed E-state index contributed by atoms with van der Waals surface area (Å²) in [6.45, 7) is 13.4. The molecule has 5 nitrogen and oxygen atoms in total. The number of hydrogen-bond acceptors (Lipinski definition) is 3. The summed E-state index contributed by atoms with van der Waals surface area (Å²) < 4.78 is 10.9. The highest BCUT2D eigenvalue weighted by molar-refractivity contribution is 6.09. The van der Waals surface area contributed by atoms with Crippen LogP contribution in [0, 0.1) is 19.8 Å². The zero-order valence-corrected chi connectivity index (χ0v) is 26.5. The lowest BCUT2D eigenvalue weighted by Gasteiger charge is -2.29. The fourth-order valence-corrected chi connectivity index (χ4v) is 7.18. The Morgan fingerprint density at radius 2 is 1.64 bits per heavy atom. The first-order chi connectivity index (χ1) is 21.3. The predicted octanol–water partition coefficient (Wildman–Crippen LogP) is 10.4. The maximum atomic E-state index is 6.54. The van der Waals surface area contributed by atoms with Crippen molar-refractivity contribution in [3.63, 3.8) is 0 Å². The molecule has 44 heavy (non-hydrogen) atoms. The van der Waals surface area contributed by atoms with Crippen molar-refractivity contribution in [1.82, 2.24) is 19.3 Å². The first kappa shape index (κ1) is 28.1. The smallest absolute Gasteiger partial charge is 0.137 e. The van der Waals surface area contributed by atoms with Gasteiger partial charge in [-0.3, -0.25) is 4.57 Å². The highest BCUT2D eigenvalue weighted by atomic mass is 16.5. The van der Waals surface area contributed by atoms with Crippen LogP contribution in [0.2, 0.25) is 0 Å². The van der Waals surface area contributed by atoms with Crippen LogP contribution in [-0.2, 0) is 0 Å². The third kappa shape index (κ3) is 4.81. The van der Waals surface area contributed by atoms with Gasteiger partial charge in [0, 0.05) is 46.3 Å². The highest BCUT2D eigenvalue weighted by Crippen LogP contribution is 2.42. The molecule has 0 N–H and O–H groups in total. The van der Waals surface area contributed by atoms with Crippen LogP contribution in [0.25, 0.3) is 33.3 Å². The van der Waals surface area contributed by atoms with Gasteiger partial charge in [-0.05, 0) is 93.5 Å². The quantitative estimate of drug-likeness (QED) is 0.184. The summed E-state index contributed by atoms with van der Waals surface area (Å²) in [7, 11) is 0. The second kappa shape index (κ2) is 11.1. The van der Waals surface area contributed by atoms with E-state index >= 15 is 0 Å². The van der Waals surface area contributed by atoms with Gasteiger partial charge in [0.2, 0.25) is 0 Å². The van der Waals surface area contributed by atoms with E-state index in [9.17, 15) is 0 Å². The Morgan fingerprint density at radius 3 is 2.45 bits per heavy atom. The van der Waals surface area contributed by atoms with Gasteiger partial charge >= 0.3 is 0 Å². The average Bonchev–Trinajstić information content (AvgIpc) is 3.50. The Balaban J connectivity index is 1.27. The Kier molecular flexibility index (Phi) is 7.12. The van der Waals surface area contributed by atoms with E-state index in [1.807, 2.05) is 18.3 Å². The number of nitrogens with zero attached hydrogens (tertiary/aromatic N) is 4. The van der Waals surface area contributed by atoms with Crippen molar-refractivity contribution in [3.05, 3.63) is 119 Å². The Morgan fingerprint density at radius 1 is 0.841 bits per heavy atom. The third-order valence-electron chi connectivity index (χ3n) is 9.41. The summed E-state index contributed by atoms with van der Waals surface area (Å²) in [4.78, 5) is 4.79. The van der Waals surface area contributed by atoms with E-state index in [2.05, 4.69) is 124 Å². The SMILES string of the molecule is CC1=CCC[C@H](C)[C@@H]1c1c(C)nn(-c2cccc(Oc3ccc4c5ccccc5n(-c5cc(C(C)C)ccn5)c4c3)c2)c1C. The maximum absolute atomic E-state index is 6.54. The summed E-state index contributed by atoms with van der Waals surface area (Å²) in [6.07, 6.45) is 6.71. The number of benzene rings is 3. The average molecular weight is 581 g/mol. The zero-order valence-electron chi connectivity index (χ0n) is 26.5. The molecule has 0 saturated carbocycles. The molecule has 0 amide bonds. The van der Waals surface area contributed by atoms with Crippen molar-refractivity contribution in [1.29, 1.82) is 0 Å². The molecular weight excluding hydrogens is 540 g/mol. The van der Waals surface area contributed by atoms with Gasteiger partial charge in [-0.15, -0.1) is 0 Å². The Labute approximate surface area is 259 Å². The molecule has 0 bridgehead atoms. The molecule has 5 heteroatoms. The first-order valence-corrected chi connectivity index (χ1v) is 15.8. The van der Waals surface area contributed by atoms with Crippen LogP contribution in [0.1, 0.15) is 74.9 Å². The summed E-state index contributed by atoms with van der Waals surface area (Å²) in [5.74, 6) is 3.93. The van der Waals surface area contributed by atoms with E-state index < -0.39 is 0 Å². The van der Waals surface area contributed by atoms with Crippen molar-refractivity contribution >= 4 is 21.8 Å². The number of ether oxygens (including phenoxy) is 1. The largest absolute Gasteiger partial charge is 0.457 e. The Hall–Kier alpha value is -4.64. The molecule has 7 rings (SSSR count). The lowest BCUT2D eigenvalue weighted by molar-refractivity contribution is 0.447.